The summed E-state index contributed by atoms with van der Waals surface area (Å²) in [5, 5.41) is 2.76. The Labute approximate surface area is 120 Å². The Hall–Kier alpha value is -1.94. The van der Waals surface area contributed by atoms with Crippen LogP contribution in [-0.2, 0) is 4.79 Å². The van der Waals surface area contributed by atoms with Gasteiger partial charge < -0.3 is 10.2 Å². The molecule has 108 valence electrons. The van der Waals surface area contributed by atoms with Gasteiger partial charge in [-0.05, 0) is 40.1 Å². The van der Waals surface area contributed by atoms with Gasteiger partial charge in [0.05, 0.1) is 0 Å². The lowest BCUT2D eigenvalue weighted by Gasteiger charge is -2.09. The highest BCUT2D eigenvalue weighted by Gasteiger charge is 2.07. The lowest BCUT2D eigenvalue weighted by Crippen LogP contribution is -2.17. The first-order valence-electron chi connectivity index (χ1n) is 6.62. The number of carbonyl (C=O) groups is 2. The van der Waals surface area contributed by atoms with E-state index in [9.17, 15) is 9.59 Å². The first-order chi connectivity index (χ1) is 9.38. The minimum atomic E-state index is -0.178. The van der Waals surface area contributed by atoms with Gasteiger partial charge >= 0.3 is 0 Å². The van der Waals surface area contributed by atoms with E-state index in [1.54, 1.807) is 24.3 Å². The van der Waals surface area contributed by atoms with E-state index in [2.05, 4.69) is 5.32 Å². The molecule has 0 saturated carbocycles. The maximum absolute atomic E-state index is 12.0. The Morgan fingerprint density at radius 2 is 1.95 bits per heavy atom. The van der Waals surface area contributed by atoms with Crippen LogP contribution in [0.2, 0.25) is 0 Å². The van der Waals surface area contributed by atoms with Crippen LogP contribution in [0.1, 0.15) is 30.6 Å². The van der Waals surface area contributed by atoms with Crippen LogP contribution in [0.5, 0.6) is 0 Å². The summed E-state index contributed by atoms with van der Waals surface area (Å²) in [6.45, 7) is 4.44. The van der Waals surface area contributed by atoms with Gasteiger partial charge in [-0.1, -0.05) is 17.7 Å². The average Bonchev–Trinajstić information content (AvgIpc) is 2.35. The molecule has 0 aliphatic heterocycles. The average molecular weight is 274 g/mol. The molecule has 0 atom stereocenters. The number of amides is 1. The topological polar surface area (TPSA) is 49.4 Å². The predicted octanol–water partition coefficient (Wildman–Crippen LogP) is 2.73. The smallest absolute Gasteiger partial charge is 0.248 e. The van der Waals surface area contributed by atoms with Crippen LogP contribution in [0.4, 0.5) is 5.69 Å². The molecule has 1 N–H and O–H groups in total. The molecular formula is C16H22N2O2. The molecule has 0 saturated heterocycles. The van der Waals surface area contributed by atoms with E-state index in [-0.39, 0.29) is 11.7 Å². The third-order valence-corrected chi connectivity index (χ3v) is 2.66. The molecule has 1 aromatic rings. The summed E-state index contributed by atoms with van der Waals surface area (Å²) in [7, 11) is 3.87. The number of allylic oxidation sites excluding steroid dienone is 1. The number of nitrogens with zero attached hydrogens (tertiary/aromatic N) is 1. The molecule has 4 heteroatoms. The Morgan fingerprint density at radius 3 is 2.55 bits per heavy atom. The van der Waals surface area contributed by atoms with Crippen molar-refractivity contribution in [2.24, 2.45) is 0 Å². The molecule has 0 heterocycles. The van der Waals surface area contributed by atoms with E-state index in [1.165, 1.54) is 6.08 Å². The van der Waals surface area contributed by atoms with E-state index >= 15 is 0 Å². The second-order valence-corrected chi connectivity index (χ2v) is 5.27. The molecule has 1 rings (SSSR count). The number of hydrogen-bond donors (Lipinski definition) is 1. The monoisotopic (exact) mass is 274 g/mol. The Kier molecular flexibility index (Phi) is 6.12. The fourth-order valence-corrected chi connectivity index (χ4v) is 1.68. The summed E-state index contributed by atoms with van der Waals surface area (Å²) in [6.07, 6.45) is 2.00. The Balaban J connectivity index is 2.73. The maximum Gasteiger partial charge on any atom is 0.248 e. The van der Waals surface area contributed by atoms with Crippen LogP contribution in [0.15, 0.2) is 35.9 Å². The fourth-order valence-electron chi connectivity index (χ4n) is 1.68. The Bertz CT molecular complexity index is 515. The van der Waals surface area contributed by atoms with Crippen molar-refractivity contribution in [2.75, 3.05) is 26.0 Å². The molecule has 0 fully saturated rings. The summed E-state index contributed by atoms with van der Waals surface area (Å²) in [5.74, 6) is -0.0973. The second-order valence-electron chi connectivity index (χ2n) is 5.27. The third kappa shape index (κ3) is 5.80. The first kappa shape index (κ1) is 16.1. The first-order valence-corrected chi connectivity index (χ1v) is 6.62. The molecule has 0 radical (unpaired) electrons. The minimum absolute atomic E-state index is 0.0806. The summed E-state index contributed by atoms with van der Waals surface area (Å²) in [4.78, 5) is 25.6. The summed E-state index contributed by atoms with van der Waals surface area (Å²) in [6, 6.07) is 7.05. The number of nitrogens with one attached hydrogen (secondary N) is 1. The molecule has 0 unspecified atom stereocenters. The Morgan fingerprint density at radius 1 is 1.25 bits per heavy atom. The number of benzene rings is 1. The molecule has 0 aliphatic rings. The zero-order valence-corrected chi connectivity index (χ0v) is 12.6. The molecule has 0 aliphatic carbocycles. The molecule has 0 bridgehead atoms. The van der Waals surface area contributed by atoms with Crippen molar-refractivity contribution < 1.29 is 9.59 Å². The molecule has 4 nitrogen and oxygen atoms in total. The number of ketones is 1. The number of rotatable bonds is 6. The fraction of sp³-hybridized carbons (Fsp3) is 0.375. The van der Waals surface area contributed by atoms with Gasteiger partial charge in [0.1, 0.15) is 0 Å². The lowest BCUT2D eigenvalue weighted by molar-refractivity contribution is -0.111. The lowest BCUT2D eigenvalue weighted by atomic mass is 10.1. The van der Waals surface area contributed by atoms with Crippen molar-refractivity contribution in [3.8, 4) is 0 Å². The quantitative estimate of drug-likeness (QED) is 0.641. The van der Waals surface area contributed by atoms with Gasteiger partial charge in [-0.3, -0.25) is 9.59 Å². The van der Waals surface area contributed by atoms with E-state index in [0.717, 1.165) is 5.57 Å². The van der Waals surface area contributed by atoms with Gasteiger partial charge in [0, 0.05) is 30.3 Å². The van der Waals surface area contributed by atoms with E-state index in [4.69, 9.17) is 0 Å². The number of carbonyl (C=O) groups excluding carboxylic acids is 2. The molecule has 0 aromatic heterocycles. The predicted molar refractivity (Wildman–Crippen MR) is 82.0 cm³/mol. The van der Waals surface area contributed by atoms with Crippen molar-refractivity contribution in [2.45, 2.75) is 20.3 Å². The summed E-state index contributed by atoms with van der Waals surface area (Å²) < 4.78 is 0. The number of anilines is 1. The van der Waals surface area contributed by atoms with Gasteiger partial charge in [-0.15, -0.1) is 0 Å². The highest BCUT2D eigenvalue weighted by molar-refractivity contribution is 6.01. The second kappa shape index (κ2) is 7.60. The highest BCUT2D eigenvalue weighted by Crippen LogP contribution is 2.13. The van der Waals surface area contributed by atoms with Crippen molar-refractivity contribution >= 4 is 17.4 Å². The number of hydrogen-bond acceptors (Lipinski definition) is 3. The molecule has 20 heavy (non-hydrogen) atoms. The van der Waals surface area contributed by atoms with E-state index < -0.39 is 0 Å². The van der Waals surface area contributed by atoms with Gasteiger partial charge in [-0.2, -0.15) is 0 Å². The SMILES string of the molecule is CC(C)=CC(=O)Nc1cccc(C(=O)CCN(C)C)c1. The molecule has 0 spiro atoms. The van der Waals surface area contributed by atoms with Crippen molar-refractivity contribution in [1.82, 2.24) is 4.90 Å². The normalized spacial score (nSPS) is 10.2. The zero-order valence-electron chi connectivity index (χ0n) is 12.6. The van der Waals surface area contributed by atoms with E-state index in [1.807, 2.05) is 32.8 Å². The van der Waals surface area contributed by atoms with Gasteiger partial charge in [0.2, 0.25) is 5.91 Å². The summed E-state index contributed by atoms with van der Waals surface area (Å²) in [5.41, 5.74) is 2.20. The van der Waals surface area contributed by atoms with Crippen LogP contribution < -0.4 is 5.32 Å². The van der Waals surface area contributed by atoms with Crippen molar-refractivity contribution in [1.29, 1.82) is 0 Å². The van der Waals surface area contributed by atoms with Gasteiger partial charge in [-0.25, -0.2) is 0 Å². The van der Waals surface area contributed by atoms with Crippen LogP contribution in [0, 0.1) is 0 Å². The molecule has 1 amide bonds. The highest BCUT2D eigenvalue weighted by atomic mass is 16.1. The summed E-state index contributed by atoms with van der Waals surface area (Å²) >= 11 is 0. The van der Waals surface area contributed by atoms with Crippen LogP contribution in [0.25, 0.3) is 0 Å². The molecule has 1 aromatic carbocycles. The van der Waals surface area contributed by atoms with E-state index in [0.29, 0.717) is 24.2 Å². The number of Topliss-reactive ketones (excluding diaryl/α,β-unsaturated/α-hetero) is 1. The van der Waals surface area contributed by atoms with Crippen molar-refractivity contribution in [3.05, 3.63) is 41.5 Å². The van der Waals surface area contributed by atoms with Crippen LogP contribution in [0.3, 0.4) is 0 Å². The van der Waals surface area contributed by atoms with Crippen molar-refractivity contribution in [3.63, 3.8) is 0 Å². The van der Waals surface area contributed by atoms with Crippen LogP contribution in [-0.4, -0.2) is 37.2 Å². The van der Waals surface area contributed by atoms with Gasteiger partial charge in [0.15, 0.2) is 5.78 Å². The third-order valence-electron chi connectivity index (χ3n) is 2.66. The zero-order chi connectivity index (χ0) is 15.1. The van der Waals surface area contributed by atoms with Crippen LogP contribution >= 0.6 is 0 Å². The standard InChI is InChI=1S/C16H22N2O2/c1-12(2)10-16(20)17-14-7-5-6-13(11-14)15(19)8-9-18(3)4/h5-7,10-11H,8-9H2,1-4H3,(H,17,20). The largest absolute Gasteiger partial charge is 0.322 e. The minimum Gasteiger partial charge on any atom is -0.322 e. The molecular weight excluding hydrogens is 252 g/mol. The van der Waals surface area contributed by atoms with Gasteiger partial charge in [0.25, 0.3) is 0 Å². The maximum atomic E-state index is 12.0.